The molecule has 3 N–H and O–H groups in total. The van der Waals surface area contributed by atoms with Gasteiger partial charge in [0.1, 0.15) is 5.82 Å². The van der Waals surface area contributed by atoms with Crippen molar-refractivity contribution in [2.75, 3.05) is 13.1 Å². The zero-order valence-electron chi connectivity index (χ0n) is 11.8. The second kappa shape index (κ2) is 8.51. The van der Waals surface area contributed by atoms with Crippen molar-refractivity contribution in [3.05, 3.63) is 34.6 Å². The van der Waals surface area contributed by atoms with E-state index < -0.39 is 0 Å². The molecule has 0 aliphatic carbocycles. The van der Waals surface area contributed by atoms with Gasteiger partial charge in [0, 0.05) is 11.1 Å². The van der Waals surface area contributed by atoms with Gasteiger partial charge in [-0.2, -0.15) is 0 Å². The smallest absolute Gasteiger partial charge is 0.124 e. The van der Waals surface area contributed by atoms with Gasteiger partial charge in [-0.3, -0.25) is 0 Å². The summed E-state index contributed by atoms with van der Waals surface area (Å²) in [6.07, 6.45) is 2.71. The summed E-state index contributed by atoms with van der Waals surface area (Å²) in [7, 11) is 0. The number of hydrogen-bond acceptors (Lipinski definition) is 2. The van der Waals surface area contributed by atoms with E-state index in [4.69, 9.17) is 17.3 Å². The normalized spacial score (nSPS) is 12.9. The van der Waals surface area contributed by atoms with E-state index in [1.54, 1.807) is 6.07 Å². The van der Waals surface area contributed by atoms with E-state index in [2.05, 4.69) is 19.2 Å². The summed E-state index contributed by atoms with van der Waals surface area (Å²) in [5, 5.41) is 3.80. The first-order valence-corrected chi connectivity index (χ1v) is 7.26. The minimum Gasteiger partial charge on any atom is -0.327 e. The van der Waals surface area contributed by atoms with Crippen LogP contribution in [-0.4, -0.2) is 19.1 Å². The van der Waals surface area contributed by atoms with E-state index in [0.29, 0.717) is 11.4 Å². The Bertz CT molecular complexity index is 362. The molecular formula is C15H24ClFN2. The van der Waals surface area contributed by atoms with Gasteiger partial charge in [0.05, 0.1) is 0 Å². The summed E-state index contributed by atoms with van der Waals surface area (Å²) in [5.74, 6) is 0.417. The summed E-state index contributed by atoms with van der Waals surface area (Å²) < 4.78 is 13.2. The van der Waals surface area contributed by atoms with Crippen LogP contribution in [0, 0.1) is 11.7 Å². The number of hydrogen-bond donors (Lipinski definition) is 2. The molecule has 0 unspecified atom stereocenters. The SMILES string of the molecule is CC(C)CCNCC[C@@H](N)Cc1cc(F)cc(Cl)c1. The van der Waals surface area contributed by atoms with E-state index in [9.17, 15) is 4.39 Å². The largest absolute Gasteiger partial charge is 0.327 e. The first kappa shape index (κ1) is 16.4. The predicted molar refractivity (Wildman–Crippen MR) is 80.0 cm³/mol. The standard InChI is InChI=1S/C15H24ClFN2/c1-11(2)3-5-19-6-4-15(18)9-12-7-13(16)10-14(17)8-12/h7-8,10-11,15,19H,3-6,9,18H2,1-2H3/t15-/m1/s1. The fourth-order valence-corrected chi connectivity index (χ4v) is 2.18. The monoisotopic (exact) mass is 286 g/mol. The summed E-state index contributed by atoms with van der Waals surface area (Å²) in [5.41, 5.74) is 6.90. The van der Waals surface area contributed by atoms with Crippen LogP contribution in [0.5, 0.6) is 0 Å². The second-order valence-corrected chi connectivity index (χ2v) is 5.90. The van der Waals surface area contributed by atoms with Crippen molar-refractivity contribution >= 4 is 11.6 Å². The molecule has 0 aliphatic heterocycles. The van der Waals surface area contributed by atoms with Gasteiger partial charge in [0.25, 0.3) is 0 Å². The van der Waals surface area contributed by atoms with Crippen molar-refractivity contribution in [1.82, 2.24) is 5.32 Å². The molecule has 0 bridgehead atoms. The van der Waals surface area contributed by atoms with Gasteiger partial charge in [-0.05, 0) is 62.0 Å². The molecule has 1 aromatic carbocycles. The Labute approximate surface area is 120 Å². The maximum atomic E-state index is 13.2. The van der Waals surface area contributed by atoms with Crippen LogP contribution < -0.4 is 11.1 Å². The molecular weight excluding hydrogens is 263 g/mol. The van der Waals surface area contributed by atoms with Crippen LogP contribution in [-0.2, 0) is 6.42 Å². The van der Waals surface area contributed by atoms with Crippen molar-refractivity contribution in [3.63, 3.8) is 0 Å². The third kappa shape index (κ3) is 7.51. The maximum Gasteiger partial charge on any atom is 0.124 e. The number of nitrogens with one attached hydrogen (secondary N) is 1. The molecule has 19 heavy (non-hydrogen) atoms. The Hall–Kier alpha value is -0.640. The lowest BCUT2D eigenvalue weighted by Gasteiger charge is -2.13. The zero-order valence-corrected chi connectivity index (χ0v) is 12.5. The third-order valence-electron chi connectivity index (χ3n) is 3.01. The molecule has 0 fully saturated rings. The molecule has 1 aromatic rings. The lowest BCUT2D eigenvalue weighted by Crippen LogP contribution is -2.29. The average Bonchev–Trinajstić information content (AvgIpc) is 2.26. The summed E-state index contributed by atoms with van der Waals surface area (Å²) in [4.78, 5) is 0. The first-order valence-electron chi connectivity index (χ1n) is 6.88. The van der Waals surface area contributed by atoms with E-state index >= 15 is 0 Å². The maximum absolute atomic E-state index is 13.2. The van der Waals surface area contributed by atoms with Gasteiger partial charge in [0.15, 0.2) is 0 Å². The zero-order chi connectivity index (χ0) is 14.3. The number of nitrogens with two attached hydrogens (primary N) is 1. The Morgan fingerprint density at radius 1 is 1.21 bits per heavy atom. The minimum atomic E-state index is -0.301. The van der Waals surface area contributed by atoms with Crippen molar-refractivity contribution in [2.24, 2.45) is 11.7 Å². The molecule has 0 radical (unpaired) electrons. The summed E-state index contributed by atoms with van der Waals surface area (Å²) >= 11 is 5.82. The summed E-state index contributed by atoms with van der Waals surface area (Å²) in [6, 6.07) is 4.61. The topological polar surface area (TPSA) is 38.0 Å². The molecule has 0 amide bonds. The molecule has 0 aromatic heterocycles. The van der Waals surface area contributed by atoms with Crippen LogP contribution in [0.1, 0.15) is 32.3 Å². The highest BCUT2D eigenvalue weighted by molar-refractivity contribution is 6.30. The average molecular weight is 287 g/mol. The third-order valence-corrected chi connectivity index (χ3v) is 3.23. The number of rotatable bonds is 8. The second-order valence-electron chi connectivity index (χ2n) is 5.46. The first-order chi connectivity index (χ1) is 8.97. The number of halogens is 2. The molecule has 108 valence electrons. The Morgan fingerprint density at radius 3 is 2.53 bits per heavy atom. The molecule has 0 heterocycles. The van der Waals surface area contributed by atoms with Gasteiger partial charge in [-0.15, -0.1) is 0 Å². The molecule has 1 rings (SSSR count). The van der Waals surface area contributed by atoms with Gasteiger partial charge in [0.2, 0.25) is 0 Å². The molecule has 0 spiro atoms. The van der Waals surface area contributed by atoms with Crippen LogP contribution in [0.4, 0.5) is 4.39 Å². The minimum absolute atomic E-state index is 0.0319. The molecule has 0 saturated heterocycles. The molecule has 2 nitrogen and oxygen atoms in total. The lowest BCUT2D eigenvalue weighted by atomic mass is 10.0. The lowest BCUT2D eigenvalue weighted by molar-refractivity contribution is 0.509. The van der Waals surface area contributed by atoms with Gasteiger partial charge < -0.3 is 11.1 Å². The van der Waals surface area contributed by atoms with Crippen LogP contribution in [0.2, 0.25) is 5.02 Å². The van der Waals surface area contributed by atoms with Crippen LogP contribution in [0.25, 0.3) is 0 Å². The van der Waals surface area contributed by atoms with Crippen LogP contribution in [0.15, 0.2) is 18.2 Å². The molecule has 1 atom stereocenters. The Morgan fingerprint density at radius 2 is 1.89 bits per heavy atom. The van der Waals surface area contributed by atoms with E-state index in [0.717, 1.165) is 31.0 Å². The quantitative estimate of drug-likeness (QED) is 0.719. The Balaban J connectivity index is 2.25. The fraction of sp³-hybridized carbons (Fsp3) is 0.600. The predicted octanol–water partition coefficient (Wildman–Crippen LogP) is 3.37. The van der Waals surface area contributed by atoms with Crippen molar-refractivity contribution in [1.29, 1.82) is 0 Å². The summed E-state index contributed by atoms with van der Waals surface area (Å²) in [6.45, 7) is 6.34. The van der Waals surface area contributed by atoms with E-state index in [1.807, 2.05) is 0 Å². The van der Waals surface area contributed by atoms with E-state index in [1.165, 1.54) is 18.6 Å². The Kier molecular flexibility index (Phi) is 7.36. The van der Waals surface area contributed by atoms with E-state index in [-0.39, 0.29) is 11.9 Å². The highest BCUT2D eigenvalue weighted by Gasteiger charge is 2.06. The van der Waals surface area contributed by atoms with Crippen LogP contribution in [0.3, 0.4) is 0 Å². The van der Waals surface area contributed by atoms with Crippen molar-refractivity contribution < 1.29 is 4.39 Å². The fourth-order valence-electron chi connectivity index (χ4n) is 1.94. The van der Waals surface area contributed by atoms with Crippen LogP contribution >= 0.6 is 11.6 Å². The molecule has 0 saturated carbocycles. The van der Waals surface area contributed by atoms with Gasteiger partial charge >= 0.3 is 0 Å². The molecule has 0 aliphatic rings. The highest BCUT2D eigenvalue weighted by atomic mass is 35.5. The van der Waals surface area contributed by atoms with Gasteiger partial charge in [-0.1, -0.05) is 25.4 Å². The van der Waals surface area contributed by atoms with Gasteiger partial charge in [-0.25, -0.2) is 4.39 Å². The molecule has 4 heteroatoms. The highest BCUT2D eigenvalue weighted by Crippen LogP contribution is 2.15. The van der Waals surface area contributed by atoms with Crippen molar-refractivity contribution in [2.45, 2.75) is 39.2 Å². The van der Waals surface area contributed by atoms with Crippen molar-refractivity contribution in [3.8, 4) is 0 Å². The number of benzene rings is 1.